The smallest absolute Gasteiger partial charge is 0.170 e. The summed E-state index contributed by atoms with van der Waals surface area (Å²) in [4.78, 5) is 1.35. The summed E-state index contributed by atoms with van der Waals surface area (Å²) in [7, 11) is 4.26. The maximum Gasteiger partial charge on any atom is 0.170 e. The van der Waals surface area contributed by atoms with Crippen LogP contribution in [0.25, 0.3) is 0 Å². The highest BCUT2D eigenvalue weighted by Crippen LogP contribution is 2.19. The molecule has 0 bridgehead atoms. The van der Waals surface area contributed by atoms with Crippen LogP contribution in [0.15, 0.2) is 48.5 Å². The molecule has 24 heavy (non-hydrogen) atoms. The molecule has 0 aliphatic carbocycles. The average Bonchev–Trinajstić information content (AvgIpc) is 2.55. The van der Waals surface area contributed by atoms with Gasteiger partial charge in [0.1, 0.15) is 11.9 Å². The molecular weight excluding hydrogens is 345 g/mol. The second-order valence-electron chi connectivity index (χ2n) is 5.93. The minimum atomic E-state index is -0.444. The summed E-state index contributed by atoms with van der Waals surface area (Å²) in [6.45, 7) is 0.734. The van der Waals surface area contributed by atoms with Gasteiger partial charge in [0, 0.05) is 12.1 Å². The van der Waals surface area contributed by atoms with Crippen LogP contribution in [-0.2, 0) is 6.42 Å². The summed E-state index contributed by atoms with van der Waals surface area (Å²) in [6.07, 6.45) is 0.959. The van der Waals surface area contributed by atoms with E-state index in [9.17, 15) is 4.39 Å². The molecule has 0 fully saturated rings. The van der Waals surface area contributed by atoms with E-state index in [0.717, 1.165) is 13.0 Å². The van der Waals surface area contributed by atoms with Gasteiger partial charge in [-0.15, -0.1) is 0 Å². The van der Waals surface area contributed by atoms with Crippen molar-refractivity contribution in [3.8, 4) is 0 Å². The highest BCUT2D eigenvalue weighted by Gasteiger charge is 2.16. The summed E-state index contributed by atoms with van der Waals surface area (Å²) in [5, 5.41) is 6.83. The van der Waals surface area contributed by atoms with Gasteiger partial charge in [-0.05, 0) is 36.0 Å². The fraction of sp³-hybridized carbons (Fsp3) is 0.278. The van der Waals surface area contributed by atoms with Gasteiger partial charge in [-0.2, -0.15) is 0 Å². The second-order valence-corrected chi connectivity index (χ2v) is 6.74. The molecule has 2 aromatic rings. The summed E-state index contributed by atoms with van der Waals surface area (Å²) in [5.41, 5.74) is 1.96. The van der Waals surface area contributed by atoms with Gasteiger partial charge in [0.15, 0.2) is 5.11 Å². The minimum Gasteiger partial charge on any atom is -0.356 e. The monoisotopic (exact) mass is 366 g/mol. The van der Waals surface area contributed by atoms with E-state index in [4.69, 9.17) is 23.8 Å². The summed E-state index contributed by atoms with van der Waals surface area (Å²) in [5.74, 6) is -0.444. The molecule has 0 aliphatic heterocycles. The second kappa shape index (κ2) is 8.97. The predicted octanol–water partition coefficient (Wildman–Crippen LogP) is 2.52. The molecule has 0 radical (unpaired) electrons. The zero-order chi connectivity index (χ0) is 17.5. The van der Waals surface area contributed by atoms with E-state index >= 15 is 0 Å². The Labute approximate surface area is 152 Å². The summed E-state index contributed by atoms with van der Waals surface area (Å²) in [6, 6.07) is 15.2. The topological polar surface area (TPSA) is 28.5 Å². The van der Waals surface area contributed by atoms with Gasteiger partial charge in [0.05, 0.1) is 25.7 Å². The van der Waals surface area contributed by atoms with E-state index in [2.05, 4.69) is 49.0 Å². The molecule has 0 unspecified atom stereocenters. The molecule has 0 amide bonds. The highest BCUT2D eigenvalue weighted by atomic mass is 35.5. The molecule has 3 N–H and O–H groups in total. The molecule has 0 saturated heterocycles. The summed E-state index contributed by atoms with van der Waals surface area (Å²) < 4.78 is 13.2. The Bertz CT molecular complexity index is 679. The minimum absolute atomic E-state index is 0.0718. The number of hydrogen-bond acceptors (Lipinski definition) is 1. The van der Waals surface area contributed by atoms with Gasteiger partial charge < -0.3 is 15.5 Å². The fourth-order valence-corrected chi connectivity index (χ4v) is 2.73. The SMILES string of the molecule is C[NH+](C)[C@H](CNC(=S)Nc1ccc(F)c(Cl)c1)Cc1ccccc1. The number of anilines is 1. The Kier molecular flexibility index (Phi) is 6.97. The molecule has 0 heterocycles. The Balaban J connectivity index is 1.89. The Hall–Kier alpha value is -1.69. The van der Waals surface area contributed by atoms with Crippen LogP contribution in [0, 0.1) is 5.82 Å². The molecule has 2 aromatic carbocycles. The lowest BCUT2D eigenvalue weighted by Crippen LogP contribution is -3.11. The first kappa shape index (κ1) is 18.6. The molecule has 0 spiro atoms. The van der Waals surface area contributed by atoms with Crippen LogP contribution in [0.5, 0.6) is 0 Å². The van der Waals surface area contributed by atoms with Crippen LogP contribution in [0.4, 0.5) is 10.1 Å². The average molecular weight is 367 g/mol. The maximum absolute atomic E-state index is 13.2. The number of benzene rings is 2. The lowest BCUT2D eigenvalue weighted by molar-refractivity contribution is -0.884. The fourth-order valence-electron chi connectivity index (χ4n) is 2.34. The molecule has 2 rings (SSSR count). The van der Waals surface area contributed by atoms with Crippen LogP contribution >= 0.6 is 23.8 Å². The molecule has 6 heteroatoms. The number of thiocarbonyl (C=S) groups is 1. The van der Waals surface area contributed by atoms with Crippen LogP contribution in [0.3, 0.4) is 0 Å². The van der Waals surface area contributed by atoms with Crippen molar-refractivity contribution in [2.45, 2.75) is 12.5 Å². The third kappa shape index (κ3) is 5.74. The van der Waals surface area contributed by atoms with Crippen LogP contribution in [0.1, 0.15) is 5.56 Å². The number of rotatable bonds is 6. The van der Waals surface area contributed by atoms with Crippen LogP contribution in [0.2, 0.25) is 5.02 Å². The molecule has 0 aromatic heterocycles. The zero-order valence-electron chi connectivity index (χ0n) is 13.8. The standard InChI is InChI=1S/C18H21ClFN3S/c1-23(2)15(10-13-6-4-3-5-7-13)12-21-18(24)22-14-8-9-17(20)16(19)11-14/h3-9,11,15H,10,12H2,1-2H3,(H2,21,22,24)/p+1/t15-/m0/s1. The van der Waals surface area contributed by atoms with Gasteiger partial charge >= 0.3 is 0 Å². The van der Waals surface area contributed by atoms with Gasteiger partial charge in [-0.25, -0.2) is 4.39 Å². The Morgan fingerprint density at radius 2 is 1.92 bits per heavy atom. The van der Waals surface area contributed by atoms with Crippen LogP contribution in [-0.4, -0.2) is 31.8 Å². The normalized spacial score (nSPS) is 12.0. The van der Waals surface area contributed by atoms with Crippen molar-refractivity contribution in [2.24, 2.45) is 0 Å². The van der Waals surface area contributed by atoms with E-state index in [1.54, 1.807) is 6.07 Å². The Morgan fingerprint density at radius 1 is 1.21 bits per heavy atom. The quantitative estimate of drug-likeness (QED) is 0.686. The molecule has 0 saturated carbocycles. The molecule has 0 aliphatic rings. The lowest BCUT2D eigenvalue weighted by atomic mass is 10.1. The van der Waals surface area contributed by atoms with Gasteiger partial charge in [0.2, 0.25) is 0 Å². The van der Waals surface area contributed by atoms with Crippen LogP contribution < -0.4 is 15.5 Å². The zero-order valence-corrected chi connectivity index (χ0v) is 15.3. The first-order chi connectivity index (χ1) is 11.5. The van der Waals surface area contributed by atoms with Crippen molar-refractivity contribution in [3.63, 3.8) is 0 Å². The van der Waals surface area contributed by atoms with E-state index in [1.165, 1.54) is 22.6 Å². The van der Waals surface area contributed by atoms with E-state index < -0.39 is 5.82 Å². The van der Waals surface area contributed by atoms with Crippen molar-refractivity contribution in [2.75, 3.05) is 26.0 Å². The third-order valence-corrected chi connectivity index (χ3v) is 4.36. The first-order valence-corrected chi connectivity index (χ1v) is 8.58. The van der Waals surface area contributed by atoms with E-state index in [1.807, 2.05) is 6.07 Å². The van der Waals surface area contributed by atoms with E-state index in [0.29, 0.717) is 16.8 Å². The molecule has 3 nitrogen and oxygen atoms in total. The predicted molar refractivity (Wildman–Crippen MR) is 102 cm³/mol. The lowest BCUT2D eigenvalue weighted by Gasteiger charge is -2.23. The number of halogens is 2. The van der Waals surface area contributed by atoms with Crippen molar-refractivity contribution in [3.05, 3.63) is 64.9 Å². The first-order valence-electron chi connectivity index (χ1n) is 7.79. The number of nitrogens with one attached hydrogen (secondary N) is 3. The van der Waals surface area contributed by atoms with Gasteiger partial charge in [-0.1, -0.05) is 41.9 Å². The van der Waals surface area contributed by atoms with Crippen molar-refractivity contribution >= 4 is 34.6 Å². The molecule has 128 valence electrons. The maximum atomic E-state index is 13.2. The number of quaternary nitrogens is 1. The number of likely N-dealkylation sites (N-methyl/N-ethyl adjacent to an activating group) is 1. The molecule has 1 atom stereocenters. The van der Waals surface area contributed by atoms with Crippen molar-refractivity contribution < 1.29 is 9.29 Å². The Morgan fingerprint density at radius 3 is 2.54 bits per heavy atom. The largest absolute Gasteiger partial charge is 0.356 e. The van der Waals surface area contributed by atoms with Gasteiger partial charge in [0.25, 0.3) is 0 Å². The molecular formula is C18H22ClFN3S+. The number of hydrogen-bond donors (Lipinski definition) is 3. The van der Waals surface area contributed by atoms with Crippen molar-refractivity contribution in [1.82, 2.24) is 5.32 Å². The van der Waals surface area contributed by atoms with Crippen molar-refractivity contribution in [1.29, 1.82) is 0 Å². The summed E-state index contributed by atoms with van der Waals surface area (Å²) >= 11 is 11.1. The third-order valence-electron chi connectivity index (χ3n) is 3.83. The van der Waals surface area contributed by atoms with Gasteiger partial charge in [-0.3, -0.25) is 0 Å². The highest BCUT2D eigenvalue weighted by molar-refractivity contribution is 7.80. The van der Waals surface area contributed by atoms with E-state index in [-0.39, 0.29) is 5.02 Å².